The van der Waals surface area contributed by atoms with E-state index >= 15 is 0 Å². The molecule has 4 rings (SSSR count). The van der Waals surface area contributed by atoms with Crippen molar-refractivity contribution in [2.75, 3.05) is 30.4 Å². The Morgan fingerprint density at radius 1 is 0.862 bits per heavy atom. The van der Waals surface area contributed by atoms with Gasteiger partial charge in [0, 0.05) is 43.3 Å². The van der Waals surface area contributed by atoms with Gasteiger partial charge in [0.1, 0.15) is 0 Å². The van der Waals surface area contributed by atoms with Crippen LogP contribution < -0.4 is 9.80 Å². The largest absolute Gasteiger partial charge is 0.449 e. The predicted molar refractivity (Wildman–Crippen MR) is 118 cm³/mol. The zero-order valence-electron chi connectivity index (χ0n) is 17.3. The highest BCUT2D eigenvalue weighted by Gasteiger charge is 2.32. The molecule has 1 aliphatic rings. The zero-order chi connectivity index (χ0) is 20.5. The first-order chi connectivity index (χ1) is 14.0. The summed E-state index contributed by atoms with van der Waals surface area (Å²) in [5, 5.41) is 0. The van der Waals surface area contributed by atoms with Crippen molar-refractivity contribution >= 4 is 23.0 Å². The third kappa shape index (κ3) is 3.58. The van der Waals surface area contributed by atoms with Gasteiger partial charge in [-0.1, -0.05) is 35.9 Å². The molecule has 0 saturated carbocycles. The quantitative estimate of drug-likeness (QED) is 0.544. The first-order valence-corrected chi connectivity index (χ1v) is 9.94. The minimum absolute atomic E-state index is 0.257. The number of aryl methyl sites for hydroxylation is 1. The molecule has 0 amide bonds. The standard InChI is InChI=1S/C25H26N2O2/c1-5-27(19-10-6-17(2)7-11-19)20-12-8-18(9-13-20)24-22-15-14-21(26(3)4)16-23(22)25(28)29-24/h6-16,24H,5H2,1-4H3. The maximum Gasteiger partial charge on any atom is 0.339 e. The molecule has 29 heavy (non-hydrogen) atoms. The lowest BCUT2D eigenvalue weighted by Gasteiger charge is -2.24. The van der Waals surface area contributed by atoms with Gasteiger partial charge in [-0.15, -0.1) is 0 Å². The van der Waals surface area contributed by atoms with Crippen LogP contribution in [0.2, 0.25) is 0 Å². The summed E-state index contributed by atoms with van der Waals surface area (Å²) < 4.78 is 5.71. The number of fused-ring (bicyclic) bond motifs is 1. The number of benzene rings is 3. The first kappa shape index (κ1) is 19.1. The van der Waals surface area contributed by atoms with Crippen molar-refractivity contribution in [3.05, 3.63) is 89.0 Å². The molecule has 0 radical (unpaired) electrons. The molecular formula is C25H26N2O2. The van der Waals surface area contributed by atoms with Crippen LogP contribution in [0.15, 0.2) is 66.7 Å². The molecule has 0 saturated heterocycles. The number of ether oxygens (including phenoxy) is 1. The van der Waals surface area contributed by atoms with Gasteiger partial charge in [0.25, 0.3) is 0 Å². The fourth-order valence-corrected chi connectivity index (χ4v) is 3.78. The number of rotatable bonds is 5. The molecule has 4 nitrogen and oxygen atoms in total. The average Bonchev–Trinajstić information content (AvgIpc) is 3.06. The van der Waals surface area contributed by atoms with E-state index in [1.165, 1.54) is 11.3 Å². The normalized spacial score (nSPS) is 15.0. The summed E-state index contributed by atoms with van der Waals surface area (Å²) in [6.45, 7) is 5.11. The highest BCUT2D eigenvalue weighted by Crippen LogP contribution is 2.38. The number of esters is 1. The van der Waals surface area contributed by atoms with Crippen molar-refractivity contribution < 1.29 is 9.53 Å². The van der Waals surface area contributed by atoms with E-state index in [2.05, 4.69) is 67.3 Å². The van der Waals surface area contributed by atoms with Crippen molar-refractivity contribution in [2.24, 2.45) is 0 Å². The van der Waals surface area contributed by atoms with Gasteiger partial charge in [-0.25, -0.2) is 4.79 Å². The molecule has 1 aliphatic heterocycles. The van der Waals surface area contributed by atoms with E-state index in [1.54, 1.807) is 0 Å². The second-order valence-corrected chi connectivity index (χ2v) is 7.62. The molecule has 3 aromatic rings. The summed E-state index contributed by atoms with van der Waals surface area (Å²) >= 11 is 0. The molecule has 1 atom stereocenters. The van der Waals surface area contributed by atoms with E-state index in [-0.39, 0.29) is 12.1 Å². The molecule has 0 fully saturated rings. The van der Waals surface area contributed by atoms with Gasteiger partial charge in [0.2, 0.25) is 0 Å². The maximum absolute atomic E-state index is 12.4. The predicted octanol–water partition coefficient (Wildman–Crippen LogP) is 5.48. The summed E-state index contributed by atoms with van der Waals surface area (Å²) in [4.78, 5) is 16.7. The molecule has 0 spiro atoms. The second-order valence-electron chi connectivity index (χ2n) is 7.62. The van der Waals surface area contributed by atoms with E-state index in [0.717, 1.165) is 29.0 Å². The molecule has 0 N–H and O–H groups in total. The monoisotopic (exact) mass is 386 g/mol. The maximum atomic E-state index is 12.4. The lowest BCUT2D eigenvalue weighted by molar-refractivity contribution is 0.0456. The second kappa shape index (κ2) is 7.63. The third-order valence-corrected chi connectivity index (χ3v) is 5.45. The SMILES string of the molecule is CCN(c1ccc(C)cc1)c1ccc(C2OC(=O)c3cc(N(C)C)ccc32)cc1. The fourth-order valence-electron chi connectivity index (χ4n) is 3.78. The number of cyclic esters (lactones) is 1. The Morgan fingerprint density at radius 3 is 2.03 bits per heavy atom. The molecule has 0 aromatic heterocycles. The summed E-state index contributed by atoms with van der Waals surface area (Å²) in [5.74, 6) is -0.257. The molecule has 148 valence electrons. The summed E-state index contributed by atoms with van der Waals surface area (Å²) in [6, 6.07) is 22.8. The number of hydrogen-bond acceptors (Lipinski definition) is 4. The Labute approximate surface area is 172 Å². The van der Waals surface area contributed by atoms with Crippen LogP contribution in [-0.2, 0) is 4.74 Å². The van der Waals surface area contributed by atoms with Gasteiger partial charge in [-0.3, -0.25) is 0 Å². The first-order valence-electron chi connectivity index (χ1n) is 9.94. The molecule has 0 bridgehead atoms. The third-order valence-electron chi connectivity index (χ3n) is 5.45. The van der Waals surface area contributed by atoms with Crippen molar-refractivity contribution in [1.29, 1.82) is 0 Å². The van der Waals surface area contributed by atoms with E-state index < -0.39 is 0 Å². The van der Waals surface area contributed by atoms with Gasteiger partial charge < -0.3 is 14.5 Å². The van der Waals surface area contributed by atoms with Crippen LogP contribution in [0.5, 0.6) is 0 Å². The fraction of sp³-hybridized carbons (Fsp3) is 0.240. The molecule has 4 heteroatoms. The minimum Gasteiger partial charge on any atom is -0.449 e. The Morgan fingerprint density at radius 2 is 1.45 bits per heavy atom. The highest BCUT2D eigenvalue weighted by atomic mass is 16.5. The van der Waals surface area contributed by atoms with Crippen molar-refractivity contribution in [1.82, 2.24) is 0 Å². The van der Waals surface area contributed by atoms with Gasteiger partial charge >= 0.3 is 5.97 Å². The van der Waals surface area contributed by atoms with Crippen LogP contribution in [0.25, 0.3) is 0 Å². The van der Waals surface area contributed by atoms with Gasteiger partial charge in [-0.2, -0.15) is 0 Å². The number of nitrogens with zero attached hydrogens (tertiary/aromatic N) is 2. The lowest BCUT2D eigenvalue weighted by Crippen LogP contribution is -2.16. The van der Waals surface area contributed by atoms with Crippen LogP contribution in [0.4, 0.5) is 17.1 Å². The zero-order valence-corrected chi connectivity index (χ0v) is 17.3. The Balaban J connectivity index is 1.62. The van der Waals surface area contributed by atoms with Crippen molar-refractivity contribution in [3.63, 3.8) is 0 Å². The van der Waals surface area contributed by atoms with Crippen LogP contribution in [0.3, 0.4) is 0 Å². The number of carbonyl (C=O) groups is 1. The lowest BCUT2D eigenvalue weighted by atomic mass is 9.98. The smallest absolute Gasteiger partial charge is 0.339 e. The summed E-state index contributed by atoms with van der Waals surface area (Å²) in [5.41, 5.74) is 7.10. The van der Waals surface area contributed by atoms with Crippen LogP contribution in [0, 0.1) is 6.92 Å². The van der Waals surface area contributed by atoms with Crippen molar-refractivity contribution in [3.8, 4) is 0 Å². The molecule has 0 aliphatic carbocycles. The van der Waals surface area contributed by atoms with Crippen LogP contribution in [-0.4, -0.2) is 26.6 Å². The highest BCUT2D eigenvalue weighted by molar-refractivity contribution is 5.95. The van der Waals surface area contributed by atoms with Crippen LogP contribution in [0.1, 0.15) is 40.1 Å². The topological polar surface area (TPSA) is 32.8 Å². The number of hydrogen-bond donors (Lipinski definition) is 0. The average molecular weight is 386 g/mol. The Kier molecular flexibility index (Phi) is 5.01. The van der Waals surface area contributed by atoms with E-state index in [1.807, 2.05) is 37.2 Å². The molecule has 1 unspecified atom stereocenters. The minimum atomic E-state index is -0.350. The number of anilines is 3. The van der Waals surface area contributed by atoms with E-state index in [4.69, 9.17) is 4.74 Å². The van der Waals surface area contributed by atoms with Gasteiger partial charge in [0.05, 0.1) is 5.56 Å². The summed E-state index contributed by atoms with van der Waals surface area (Å²) in [6.07, 6.45) is -0.350. The Bertz CT molecular complexity index is 1020. The van der Waals surface area contributed by atoms with E-state index in [9.17, 15) is 4.79 Å². The van der Waals surface area contributed by atoms with Crippen LogP contribution >= 0.6 is 0 Å². The Hall–Kier alpha value is -3.27. The van der Waals surface area contributed by atoms with Crippen molar-refractivity contribution in [2.45, 2.75) is 20.0 Å². The molecular weight excluding hydrogens is 360 g/mol. The van der Waals surface area contributed by atoms with Gasteiger partial charge in [0.15, 0.2) is 6.10 Å². The van der Waals surface area contributed by atoms with Gasteiger partial charge in [-0.05, 0) is 55.8 Å². The molecule has 1 heterocycles. The van der Waals surface area contributed by atoms with E-state index in [0.29, 0.717) is 5.56 Å². The number of carbonyl (C=O) groups excluding carboxylic acids is 1. The molecule has 3 aromatic carbocycles. The summed E-state index contributed by atoms with van der Waals surface area (Å²) in [7, 11) is 3.93.